The summed E-state index contributed by atoms with van der Waals surface area (Å²) >= 11 is 0. The molecule has 1 aliphatic carbocycles. The molecule has 4 rings (SSSR count). The lowest BCUT2D eigenvalue weighted by Crippen LogP contribution is -2.79. The van der Waals surface area contributed by atoms with Crippen LogP contribution < -0.4 is 16.4 Å². The molecule has 1 saturated carbocycles. The Hall–Kier alpha value is -0.610. The van der Waals surface area contributed by atoms with Crippen molar-refractivity contribution in [2.24, 2.45) is 34.8 Å². The standard InChI is InChI=1S/C17H31N3O/c1-10(2)6-16(7-11(3)4)12-5-13-8-19-14(16)17(13,15(18)21)20-9-12/h10-14,19-20H,5-9H2,1-4H3,(H2,18,21). The molecule has 0 aromatic rings. The summed E-state index contributed by atoms with van der Waals surface area (Å²) in [6, 6.07) is 0.213. The van der Waals surface area contributed by atoms with Crippen LogP contribution >= 0.6 is 0 Å². The van der Waals surface area contributed by atoms with E-state index < -0.39 is 5.54 Å². The van der Waals surface area contributed by atoms with Gasteiger partial charge in [-0.15, -0.1) is 0 Å². The molecule has 0 aromatic heterocycles. The molecule has 3 aliphatic heterocycles. The molecule has 3 heterocycles. The summed E-state index contributed by atoms with van der Waals surface area (Å²) in [5, 5.41) is 7.27. The fraction of sp³-hybridized carbons (Fsp3) is 0.941. The average molecular weight is 293 g/mol. The van der Waals surface area contributed by atoms with Gasteiger partial charge in [-0.2, -0.15) is 0 Å². The number of nitrogens with two attached hydrogens (primary N) is 1. The third-order valence-corrected chi connectivity index (χ3v) is 6.25. The molecule has 4 N–H and O–H groups in total. The highest BCUT2D eigenvalue weighted by atomic mass is 16.1. The number of amides is 1. The van der Waals surface area contributed by atoms with Gasteiger partial charge >= 0.3 is 0 Å². The molecule has 4 aliphatic rings. The van der Waals surface area contributed by atoms with Crippen molar-refractivity contribution in [1.29, 1.82) is 0 Å². The fourth-order valence-corrected chi connectivity index (χ4v) is 5.99. The Morgan fingerprint density at radius 2 is 1.76 bits per heavy atom. The predicted molar refractivity (Wildman–Crippen MR) is 84.7 cm³/mol. The molecule has 4 fully saturated rings. The Balaban J connectivity index is 2.05. The van der Waals surface area contributed by atoms with E-state index in [0.717, 1.165) is 19.5 Å². The van der Waals surface area contributed by atoms with Crippen LogP contribution in [0.25, 0.3) is 0 Å². The first kappa shape index (κ1) is 15.3. The number of hydrogen-bond donors (Lipinski definition) is 3. The number of carbonyl (C=O) groups is 1. The van der Waals surface area contributed by atoms with E-state index in [4.69, 9.17) is 5.73 Å². The average Bonchev–Trinajstić information content (AvgIpc) is 2.70. The van der Waals surface area contributed by atoms with Crippen molar-refractivity contribution >= 4 is 5.91 Å². The number of piperidine rings is 2. The van der Waals surface area contributed by atoms with Crippen molar-refractivity contribution in [3.8, 4) is 0 Å². The summed E-state index contributed by atoms with van der Waals surface area (Å²) in [6.45, 7) is 11.1. The van der Waals surface area contributed by atoms with E-state index in [1.807, 2.05) is 0 Å². The molecule has 3 saturated heterocycles. The number of hydrogen-bond acceptors (Lipinski definition) is 3. The van der Waals surface area contributed by atoms with Crippen LogP contribution in [-0.2, 0) is 4.79 Å². The summed E-state index contributed by atoms with van der Waals surface area (Å²) in [7, 11) is 0. The lowest BCUT2D eigenvalue weighted by Gasteiger charge is -2.62. The van der Waals surface area contributed by atoms with Crippen LogP contribution in [0.2, 0.25) is 0 Å². The van der Waals surface area contributed by atoms with Gasteiger partial charge in [0.15, 0.2) is 0 Å². The zero-order chi connectivity index (χ0) is 15.4. The molecular weight excluding hydrogens is 262 g/mol. The minimum Gasteiger partial charge on any atom is -0.368 e. The van der Waals surface area contributed by atoms with E-state index in [9.17, 15) is 4.79 Å². The topological polar surface area (TPSA) is 67.1 Å². The molecule has 4 atom stereocenters. The van der Waals surface area contributed by atoms with Crippen LogP contribution in [0.4, 0.5) is 0 Å². The van der Waals surface area contributed by atoms with Gasteiger partial charge in [0.05, 0.1) is 0 Å². The summed E-state index contributed by atoms with van der Waals surface area (Å²) in [6.07, 6.45) is 3.53. The Bertz CT molecular complexity index is 424. The maximum Gasteiger partial charge on any atom is 0.239 e. The van der Waals surface area contributed by atoms with E-state index >= 15 is 0 Å². The highest BCUT2D eigenvalue weighted by Crippen LogP contribution is 2.59. The molecule has 0 spiro atoms. The Labute approximate surface area is 128 Å². The van der Waals surface area contributed by atoms with Crippen molar-refractivity contribution in [2.45, 2.75) is 58.5 Å². The minimum atomic E-state index is -0.501. The molecule has 0 aromatic carbocycles. The van der Waals surface area contributed by atoms with Gasteiger partial charge < -0.3 is 16.4 Å². The Kier molecular flexibility index (Phi) is 3.61. The first-order valence-corrected chi connectivity index (χ1v) is 8.61. The van der Waals surface area contributed by atoms with E-state index in [0.29, 0.717) is 23.7 Å². The summed E-state index contributed by atoms with van der Waals surface area (Å²) in [5.74, 6) is 2.21. The zero-order valence-corrected chi connectivity index (χ0v) is 13.9. The third-order valence-electron chi connectivity index (χ3n) is 6.25. The van der Waals surface area contributed by atoms with Crippen molar-refractivity contribution < 1.29 is 4.79 Å². The SMILES string of the molecule is CC(C)CC1(CC(C)C)C2CNC3(C(N)=O)C(CNC13)C2. The number of fused-ring (bicyclic) bond motifs is 1. The number of carbonyl (C=O) groups excluding carboxylic acids is 1. The summed E-state index contributed by atoms with van der Waals surface area (Å²) in [4.78, 5) is 12.4. The van der Waals surface area contributed by atoms with Gasteiger partial charge in [-0.3, -0.25) is 4.79 Å². The Morgan fingerprint density at radius 3 is 2.29 bits per heavy atom. The van der Waals surface area contributed by atoms with E-state index in [1.54, 1.807) is 0 Å². The second-order valence-corrected chi connectivity index (χ2v) is 8.51. The molecule has 4 heteroatoms. The van der Waals surface area contributed by atoms with E-state index in [2.05, 4.69) is 38.3 Å². The zero-order valence-electron chi connectivity index (χ0n) is 13.9. The molecule has 1 amide bonds. The van der Waals surface area contributed by atoms with Crippen molar-refractivity contribution in [1.82, 2.24) is 10.6 Å². The second-order valence-electron chi connectivity index (χ2n) is 8.51. The molecule has 4 bridgehead atoms. The van der Waals surface area contributed by atoms with Crippen molar-refractivity contribution in [3.63, 3.8) is 0 Å². The summed E-state index contributed by atoms with van der Waals surface area (Å²) in [5.41, 5.74) is 5.62. The van der Waals surface area contributed by atoms with Crippen LogP contribution in [0.3, 0.4) is 0 Å². The quantitative estimate of drug-likeness (QED) is 0.719. The van der Waals surface area contributed by atoms with Gasteiger partial charge in [-0.1, -0.05) is 27.7 Å². The highest BCUT2D eigenvalue weighted by Gasteiger charge is 2.70. The van der Waals surface area contributed by atoms with Gasteiger partial charge in [0, 0.05) is 18.5 Å². The molecule has 4 unspecified atom stereocenters. The molecule has 4 nitrogen and oxygen atoms in total. The van der Waals surface area contributed by atoms with Crippen molar-refractivity contribution in [3.05, 3.63) is 0 Å². The van der Waals surface area contributed by atoms with E-state index in [1.165, 1.54) is 12.8 Å². The van der Waals surface area contributed by atoms with Crippen LogP contribution in [0.1, 0.15) is 47.0 Å². The lowest BCUT2D eigenvalue weighted by molar-refractivity contribution is -0.142. The van der Waals surface area contributed by atoms with Gasteiger partial charge in [0.25, 0.3) is 0 Å². The van der Waals surface area contributed by atoms with Crippen molar-refractivity contribution in [2.75, 3.05) is 13.1 Å². The smallest absolute Gasteiger partial charge is 0.239 e. The van der Waals surface area contributed by atoms with Gasteiger partial charge in [0.1, 0.15) is 5.54 Å². The second kappa shape index (κ2) is 4.95. The third kappa shape index (κ3) is 1.98. The van der Waals surface area contributed by atoms with Gasteiger partial charge in [-0.05, 0) is 49.0 Å². The van der Waals surface area contributed by atoms with Crippen LogP contribution in [0.15, 0.2) is 0 Å². The van der Waals surface area contributed by atoms with E-state index in [-0.39, 0.29) is 17.4 Å². The molecular formula is C17H31N3O. The lowest BCUT2D eigenvalue weighted by atomic mass is 9.48. The highest BCUT2D eigenvalue weighted by molar-refractivity contribution is 5.87. The Morgan fingerprint density at radius 1 is 1.14 bits per heavy atom. The maximum absolute atomic E-state index is 12.4. The van der Waals surface area contributed by atoms with Crippen LogP contribution in [0.5, 0.6) is 0 Å². The van der Waals surface area contributed by atoms with Crippen LogP contribution in [0, 0.1) is 29.1 Å². The van der Waals surface area contributed by atoms with Crippen LogP contribution in [-0.4, -0.2) is 30.6 Å². The number of rotatable bonds is 5. The fourth-order valence-electron chi connectivity index (χ4n) is 5.99. The maximum atomic E-state index is 12.4. The molecule has 0 radical (unpaired) electrons. The predicted octanol–water partition coefficient (Wildman–Crippen LogP) is 1.50. The monoisotopic (exact) mass is 293 g/mol. The normalized spacial score (nSPS) is 40.2. The first-order valence-electron chi connectivity index (χ1n) is 8.61. The minimum absolute atomic E-state index is 0.141. The van der Waals surface area contributed by atoms with Gasteiger partial charge in [-0.25, -0.2) is 0 Å². The first-order chi connectivity index (χ1) is 9.83. The molecule has 120 valence electrons. The molecule has 21 heavy (non-hydrogen) atoms. The number of primary amides is 1. The van der Waals surface area contributed by atoms with Gasteiger partial charge in [0.2, 0.25) is 5.91 Å². The summed E-state index contributed by atoms with van der Waals surface area (Å²) < 4.78 is 0. The largest absolute Gasteiger partial charge is 0.368 e. The number of nitrogens with one attached hydrogen (secondary N) is 2.